The number of rotatable bonds is 4. The molecule has 7 heteroatoms. The number of aryl methyl sites for hydroxylation is 1. The number of aromatic carboxylic acids is 1. The van der Waals surface area contributed by atoms with Crippen LogP contribution in [0.25, 0.3) is 0 Å². The lowest BCUT2D eigenvalue weighted by atomic mass is 10.2. The zero-order valence-corrected chi connectivity index (χ0v) is 13.9. The highest BCUT2D eigenvalue weighted by molar-refractivity contribution is 14.1. The van der Waals surface area contributed by atoms with Crippen LogP contribution >= 0.6 is 34.2 Å². The van der Waals surface area contributed by atoms with Crippen molar-refractivity contribution in [3.05, 3.63) is 55.5 Å². The largest absolute Gasteiger partial charge is 0.478 e. The van der Waals surface area contributed by atoms with Crippen molar-refractivity contribution in [3.8, 4) is 0 Å². The number of benzene rings is 1. The van der Waals surface area contributed by atoms with Crippen molar-refractivity contribution in [1.82, 2.24) is 5.32 Å². The van der Waals surface area contributed by atoms with Gasteiger partial charge in [-0.15, -0.1) is 0 Å². The molecule has 0 atom stereocenters. The highest BCUT2D eigenvalue weighted by Gasteiger charge is 2.14. The Kier molecular flexibility index (Phi) is 4.89. The van der Waals surface area contributed by atoms with Crippen LogP contribution in [0.15, 0.2) is 28.7 Å². The summed E-state index contributed by atoms with van der Waals surface area (Å²) < 4.78 is 6.14. The van der Waals surface area contributed by atoms with Crippen molar-refractivity contribution in [2.24, 2.45) is 0 Å². The minimum atomic E-state index is -1.06. The number of halogens is 2. The fourth-order valence-electron chi connectivity index (χ4n) is 1.75. The van der Waals surface area contributed by atoms with Gasteiger partial charge in [0, 0.05) is 9.13 Å². The second-order valence-corrected chi connectivity index (χ2v) is 5.87. The van der Waals surface area contributed by atoms with Crippen molar-refractivity contribution in [2.45, 2.75) is 13.5 Å². The number of carbonyl (C=O) groups is 2. The van der Waals surface area contributed by atoms with E-state index in [-0.39, 0.29) is 18.0 Å². The Bertz CT molecular complexity index is 711. The average Bonchev–Trinajstić information content (AvgIpc) is 2.80. The van der Waals surface area contributed by atoms with Crippen molar-refractivity contribution >= 4 is 46.1 Å². The lowest BCUT2D eigenvalue weighted by Gasteiger charge is -2.04. The predicted molar refractivity (Wildman–Crippen MR) is 85.7 cm³/mol. The quantitative estimate of drug-likeness (QED) is 0.744. The first-order chi connectivity index (χ1) is 9.88. The van der Waals surface area contributed by atoms with E-state index >= 15 is 0 Å². The summed E-state index contributed by atoms with van der Waals surface area (Å²) in [4.78, 5) is 22.9. The molecule has 0 aliphatic rings. The van der Waals surface area contributed by atoms with Gasteiger partial charge < -0.3 is 14.8 Å². The van der Waals surface area contributed by atoms with Crippen LogP contribution in [0.4, 0.5) is 0 Å². The normalized spacial score (nSPS) is 10.4. The molecule has 0 spiro atoms. The SMILES string of the molecule is Cc1oc(CNC(=O)c2ccc(I)c(Cl)c2)cc1C(=O)O. The topological polar surface area (TPSA) is 79.5 Å². The van der Waals surface area contributed by atoms with E-state index in [1.807, 2.05) is 0 Å². The summed E-state index contributed by atoms with van der Waals surface area (Å²) in [5.41, 5.74) is 0.527. The summed E-state index contributed by atoms with van der Waals surface area (Å²) in [6.45, 7) is 1.67. The Balaban J connectivity index is 2.05. The smallest absolute Gasteiger partial charge is 0.339 e. The molecule has 5 nitrogen and oxygen atoms in total. The zero-order chi connectivity index (χ0) is 15.6. The standard InChI is InChI=1S/C14H11ClINO4/c1-7-10(14(19)20)5-9(21-7)6-17-13(18)8-2-3-12(16)11(15)4-8/h2-5H,6H2,1H3,(H,17,18)(H,19,20). The molecule has 2 rings (SSSR count). The minimum Gasteiger partial charge on any atom is -0.478 e. The highest BCUT2D eigenvalue weighted by Crippen LogP contribution is 2.20. The first-order valence-corrected chi connectivity index (χ1v) is 7.40. The van der Waals surface area contributed by atoms with Crippen LogP contribution in [0.1, 0.15) is 32.2 Å². The van der Waals surface area contributed by atoms with Gasteiger partial charge in [0.1, 0.15) is 17.1 Å². The molecule has 0 aliphatic heterocycles. The van der Waals surface area contributed by atoms with E-state index in [0.29, 0.717) is 22.1 Å². The number of carboxylic acids is 1. The third-order valence-electron chi connectivity index (χ3n) is 2.80. The monoisotopic (exact) mass is 419 g/mol. The summed E-state index contributed by atoms with van der Waals surface area (Å²) >= 11 is 8.04. The summed E-state index contributed by atoms with van der Waals surface area (Å²) in [6, 6.07) is 6.39. The molecule has 0 unspecified atom stereocenters. The molecule has 0 saturated carbocycles. The van der Waals surface area contributed by atoms with Crippen LogP contribution in [0.2, 0.25) is 5.02 Å². The summed E-state index contributed by atoms with van der Waals surface area (Å²) in [5.74, 6) is -0.670. The van der Waals surface area contributed by atoms with E-state index in [2.05, 4.69) is 27.9 Å². The number of nitrogens with one attached hydrogen (secondary N) is 1. The van der Waals surface area contributed by atoms with Gasteiger partial charge in [-0.25, -0.2) is 4.79 Å². The van der Waals surface area contributed by atoms with Crippen molar-refractivity contribution in [1.29, 1.82) is 0 Å². The molecule has 1 heterocycles. The van der Waals surface area contributed by atoms with Crippen LogP contribution < -0.4 is 5.32 Å². The number of hydrogen-bond donors (Lipinski definition) is 2. The van der Waals surface area contributed by atoms with Gasteiger partial charge in [-0.1, -0.05) is 11.6 Å². The molecule has 0 aliphatic carbocycles. The number of hydrogen-bond acceptors (Lipinski definition) is 3. The van der Waals surface area contributed by atoms with E-state index in [0.717, 1.165) is 3.57 Å². The van der Waals surface area contributed by atoms with Crippen molar-refractivity contribution in [2.75, 3.05) is 0 Å². The molecule has 21 heavy (non-hydrogen) atoms. The zero-order valence-electron chi connectivity index (χ0n) is 10.9. The molecule has 1 aromatic heterocycles. The van der Waals surface area contributed by atoms with Crippen LogP contribution in [-0.2, 0) is 6.54 Å². The second kappa shape index (κ2) is 6.48. The molecule has 1 aromatic carbocycles. The Labute approximate surface area is 139 Å². The average molecular weight is 420 g/mol. The minimum absolute atomic E-state index is 0.0940. The molecule has 2 aromatic rings. The Morgan fingerprint density at radius 3 is 2.67 bits per heavy atom. The lowest BCUT2D eigenvalue weighted by Crippen LogP contribution is -2.22. The fraction of sp³-hybridized carbons (Fsp3) is 0.143. The van der Waals surface area contributed by atoms with E-state index in [9.17, 15) is 9.59 Å². The van der Waals surface area contributed by atoms with E-state index < -0.39 is 5.97 Å². The van der Waals surface area contributed by atoms with Gasteiger partial charge >= 0.3 is 5.97 Å². The molecular formula is C14H11ClINO4. The molecule has 1 amide bonds. The first kappa shape index (κ1) is 15.8. The molecule has 110 valence electrons. The first-order valence-electron chi connectivity index (χ1n) is 5.94. The van der Waals surface area contributed by atoms with Gasteiger partial charge in [-0.2, -0.15) is 0 Å². The van der Waals surface area contributed by atoms with Crippen molar-refractivity contribution in [3.63, 3.8) is 0 Å². The number of carbonyl (C=O) groups excluding carboxylic acids is 1. The lowest BCUT2D eigenvalue weighted by molar-refractivity contribution is 0.0694. The summed E-state index contributed by atoms with van der Waals surface area (Å²) in [7, 11) is 0. The third-order valence-corrected chi connectivity index (χ3v) is 4.38. The molecular weight excluding hydrogens is 409 g/mol. The summed E-state index contributed by atoms with van der Waals surface area (Å²) in [6.07, 6.45) is 0. The molecule has 0 fully saturated rings. The molecule has 2 N–H and O–H groups in total. The number of furan rings is 1. The van der Waals surface area contributed by atoms with Gasteiger partial charge in [0.2, 0.25) is 0 Å². The van der Waals surface area contributed by atoms with E-state index in [1.165, 1.54) is 6.07 Å². The van der Waals surface area contributed by atoms with Gasteiger partial charge in [0.25, 0.3) is 5.91 Å². The summed E-state index contributed by atoms with van der Waals surface area (Å²) in [5, 5.41) is 12.1. The maximum atomic E-state index is 12.0. The van der Waals surface area contributed by atoms with Crippen LogP contribution in [-0.4, -0.2) is 17.0 Å². The van der Waals surface area contributed by atoms with Crippen molar-refractivity contribution < 1.29 is 19.1 Å². The highest BCUT2D eigenvalue weighted by atomic mass is 127. The maximum absolute atomic E-state index is 12.0. The Morgan fingerprint density at radius 2 is 2.10 bits per heavy atom. The van der Waals surface area contributed by atoms with E-state index in [4.69, 9.17) is 21.1 Å². The van der Waals surface area contributed by atoms with Gasteiger partial charge in [-0.05, 0) is 53.8 Å². The van der Waals surface area contributed by atoms with Gasteiger partial charge in [0.15, 0.2) is 0 Å². The predicted octanol–water partition coefficient (Wildman–Crippen LogP) is 3.47. The van der Waals surface area contributed by atoms with Gasteiger partial charge in [0.05, 0.1) is 11.6 Å². The Morgan fingerprint density at radius 1 is 1.38 bits per heavy atom. The van der Waals surface area contributed by atoms with Crippen LogP contribution in [0.5, 0.6) is 0 Å². The van der Waals surface area contributed by atoms with Crippen LogP contribution in [0.3, 0.4) is 0 Å². The molecule has 0 saturated heterocycles. The second-order valence-electron chi connectivity index (χ2n) is 4.30. The van der Waals surface area contributed by atoms with E-state index in [1.54, 1.807) is 25.1 Å². The maximum Gasteiger partial charge on any atom is 0.339 e. The Hall–Kier alpha value is -1.54. The molecule has 0 bridgehead atoms. The van der Waals surface area contributed by atoms with Crippen LogP contribution in [0, 0.1) is 10.5 Å². The third kappa shape index (κ3) is 3.76. The van der Waals surface area contributed by atoms with Gasteiger partial charge in [-0.3, -0.25) is 4.79 Å². The number of amides is 1. The fourth-order valence-corrected chi connectivity index (χ4v) is 2.27. The molecule has 0 radical (unpaired) electrons. The number of carboxylic acid groups (broad SMARTS) is 1.